The Labute approximate surface area is 180 Å². The number of carbonyl (C=O) groups excluding carboxylic acids is 1. The zero-order chi connectivity index (χ0) is 21.5. The van der Waals surface area contributed by atoms with E-state index in [1.807, 2.05) is 6.07 Å². The number of hydrogen-bond donors (Lipinski definition) is 1. The number of primary amides is 1. The number of rotatable bonds is 4. The van der Waals surface area contributed by atoms with E-state index in [0.717, 1.165) is 5.39 Å². The minimum absolute atomic E-state index is 0.120. The second-order valence-electron chi connectivity index (χ2n) is 6.95. The summed E-state index contributed by atoms with van der Waals surface area (Å²) in [6, 6.07) is 15.2. The van der Waals surface area contributed by atoms with Gasteiger partial charge in [-0.15, -0.1) is 5.10 Å². The first kappa shape index (κ1) is 19.1. The Morgan fingerprint density at radius 2 is 2.00 bits per heavy atom. The number of fused-ring (bicyclic) bond motifs is 2. The van der Waals surface area contributed by atoms with Crippen LogP contribution in [0.4, 0.5) is 4.39 Å². The van der Waals surface area contributed by atoms with Crippen molar-refractivity contribution < 1.29 is 9.18 Å². The molecule has 5 aromatic rings. The molecule has 7 nitrogen and oxygen atoms in total. The molecule has 0 radical (unpaired) electrons. The van der Waals surface area contributed by atoms with E-state index in [0.29, 0.717) is 33.5 Å². The van der Waals surface area contributed by atoms with Gasteiger partial charge in [-0.25, -0.2) is 14.1 Å². The van der Waals surface area contributed by atoms with Crippen molar-refractivity contribution in [3.63, 3.8) is 0 Å². The van der Waals surface area contributed by atoms with Crippen LogP contribution in [0.1, 0.15) is 15.9 Å². The predicted molar refractivity (Wildman–Crippen MR) is 115 cm³/mol. The highest BCUT2D eigenvalue weighted by atomic mass is 35.5. The minimum atomic E-state index is -0.604. The normalized spacial score (nSPS) is 11.3. The van der Waals surface area contributed by atoms with Crippen molar-refractivity contribution in [2.45, 2.75) is 6.54 Å². The highest BCUT2D eigenvalue weighted by Crippen LogP contribution is 2.26. The summed E-state index contributed by atoms with van der Waals surface area (Å²) in [4.78, 5) is 20.4. The fraction of sp³-hybridized carbons (Fsp3) is 0.0455. The number of pyridine rings is 2. The second kappa shape index (κ2) is 7.41. The quantitative estimate of drug-likeness (QED) is 0.463. The van der Waals surface area contributed by atoms with Crippen molar-refractivity contribution in [3.8, 4) is 11.3 Å². The number of carbonyl (C=O) groups is 1. The largest absolute Gasteiger partial charge is 0.366 e. The molecule has 0 bridgehead atoms. The van der Waals surface area contributed by atoms with Crippen LogP contribution in [0.2, 0.25) is 5.02 Å². The fourth-order valence-corrected chi connectivity index (χ4v) is 3.75. The van der Waals surface area contributed by atoms with Crippen LogP contribution >= 0.6 is 11.6 Å². The van der Waals surface area contributed by atoms with Gasteiger partial charge in [0.2, 0.25) is 5.91 Å². The minimum Gasteiger partial charge on any atom is -0.366 e. The van der Waals surface area contributed by atoms with Crippen molar-refractivity contribution in [3.05, 3.63) is 82.8 Å². The van der Waals surface area contributed by atoms with Crippen LogP contribution in [0.5, 0.6) is 0 Å². The molecule has 0 unspecified atom stereocenters. The van der Waals surface area contributed by atoms with Crippen molar-refractivity contribution in [2.24, 2.45) is 5.73 Å². The monoisotopic (exact) mass is 432 g/mol. The lowest BCUT2D eigenvalue weighted by Crippen LogP contribution is -2.11. The van der Waals surface area contributed by atoms with E-state index in [4.69, 9.17) is 17.3 Å². The molecule has 152 valence electrons. The number of halogens is 2. The van der Waals surface area contributed by atoms with Gasteiger partial charge in [-0.1, -0.05) is 28.9 Å². The highest BCUT2D eigenvalue weighted by molar-refractivity contribution is 6.34. The molecule has 2 N–H and O–H groups in total. The summed E-state index contributed by atoms with van der Waals surface area (Å²) in [6.07, 6.45) is 1.63. The van der Waals surface area contributed by atoms with Gasteiger partial charge in [-0.2, -0.15) is 0 Å². The number of hydrogen-bond acceptors (Lipinski definition) is 5. The van der Waals surface area contributed by atoms with Gasteiger partial charge in [0.1, 0.15) is 11.3 Å². The first-order chi connectivity index (χ1) is 15.0. The summed E-state index contributed by atoms with van der Waals surface area (Å²) in [7, 11) is 0. The van der Waals surface area contributed by atoms with E-state index < -0.39 is 5.91 Å². The molecule has 0 saturated heterocycles. The van der Waals surface area contributed by atoms with Gasteiger partial charge >= 0.3 is 0 Å². The van der Waals surface area contributed by atoms with Crippen LogP contribution in [0.15, 0.2) is 60.8 Å². The molecule has 0 saturated carbocycles. The Bertz CT molecular complexity index is 1480. The second-order valence-corrected chi connectivity index (χ2v) is 7.35. The third-order valence-corrected chi connectivity index (χ3v) is 5.33. The van der Waals surface area contributed by atoms with Crippen LogP contribution in [-0.2, 0) is 6.54 Å². The molecular weight excluding hydrogens is 419 g/mol. The number of benzene rings is 2. The highest BCUT2D eigenvalue weighted by Gasteiger charge is 2.15. The van der Waals surface area contributed by atoms with Gasteiger partial charge in [-0.3, -0.25) is 9.78 Å². The maximum absolute atomic E-state index is 14.6. The summed E-state index contributed by atoms with van der Waals surface area (Å²) in [6.45, 7) is 0.120. The van der Waals surface area contributed by atoms with Crippen LogP contribution in [0.25, 0.3) is 33.3 Å². The Morgan fingerprint density at radius 3 is 2.81 bits per heavy atom. The molecule has 0 aliphatic carbocycles. The average molecular weight is 433 g/mol. The smallest absolute Gasteiger partial charge is 0.250 e. The molecule has 0 aliphatic heterocycles. The van der Waals surface area contributed by atoms with Crippen molar-refractivity contribution in [1.82, 2.24) is 25.0 Å². The van der Waals surface area contributed by atoms with Gasteiger partial charge in [-0.05, 0) is 42.5 Å². The van der Waals surface area contributed by atoms with Crippen LogP contribution < -0.4 is 5.73 Å². The van der Waals surface area contributed by atoms with Crippen molar-refractivity contribution >= 4 is 39.6 Å². The summed E-state index contributed by atoms with van der Waals surface area (Å²) in [5.41, 5.74) is 8.87. The van der Waals surface area contributed by atoms with E-state index >= 15 is 0 Å². The van der Waals surface area contributed by atoms with E-state index in [9.17, 15) is 9.18 Å². The van der Waals surface area contributed by atoms with Gasteiger partial charge < -0.3 is 5.73 Å². The molecular formula is C22H14ClFN6O. The molecule has 3 aromatic heterocycles. The first-order valence-electron chi connectivity index (χ1n) is 9.33. The zero-order valence-electron chi connectivity index (χ0n) is 16.0. The van der Waals surface area contributed by atoms with Gasteiger partial charge in [0, 0.05) is 22.7 Å². The Hall–Kier alpha value is -3.91. The molecule has 31 heavy (non-hydrogen) atoms. The molecule has 5 rings (SSSR count). The number of aromatic nitrogens is 5. The molecule has 0 fully saturated rings. The van der Waals surface area contributed by atoms with E-state index in [1.165, 1.54) is 10.7 Å². The van der Waals surface area contributed by atoms with Crippen molar-refractivity contribution in [1.29, 1.82) is 0 Å². The summed E-state index contributed by atoms with van der Waals surface area (Å²) >= 11 is 6.18. The van der Waals surface area contributed by atoms with Gasteiger partial charge in [0.25, 0.3) is 0 Å². The molecule has 0 aliphatic rings. The number of amides is 1. The number of nitrogens with two attached hydrogens (primary N) is 1. The lowest BCUT2D eigenvalue weighted by Gasteiger charge is -2.08. The van der Waals surface area contributed by atoms with E-state index in [2.05, 4.69) is 20.3 Å². The Balaban J connectivity index is 1.59. The van der Waals surface area contributed by atoms with Gasteiger partial charge in [0.15, 0.2) is 5.65 Å². The standard InChI is InChI=1S/C22H14ClFN6O/c23-16-10-13(3-5-14(16)21(25)31)18-7-8-19-22(27-18)30(29-28-19)11-15-17(24)6-4-12-2-1-9-26-20(12)15/h1-10H,11H2,(H2,25,31). The summed E-state index contributed by atoms with van der Waals surface area (Å²) in [5, 5.41) is 9.36. The Kier molecular flexibility index (Phi) is 4.56. The molecule has 1 amide bonds. The SMILES string of the molecule is NC(=O)c1ccc(-c2ccc3nnn(Cc4c(F)ccc5cccnc45)c3n2)cc1Cl. The van der Waals surface area contributed by atoms with Crippen molar-refractivity contribution in [2.75, 3.05) is 0 Å². The Morgan fingerprint density at radius 1 is 1.13 bits per heavy atom. The molecule has 0 atom stereocenters. The molecule has 0 spiro atoms. The van der Waals surface area contributed by atoms with Crippen LogP contribution in [-0.4, -0.2) is 30.9 Å². The maximum atomic E-state index is 14.6. The topological polar surface area (TPSA) is 99.6 Å². The summed E-state index contributed by atoms with van der Waals surface area (Å²) < 4.78 is 16.2. The van der Waals surface area contributed by atoms with E-state index in [1.54, 1.807) is 48.7 Å². The van der Waals surface area contributed by atoms with Gasteiger partial charge in [0.05, 0.1) is 28.3 Å². The third kappa shape index (κ3) is 3.36. The molecule has 2 aromatic carbocycles. The first-order valence-corrected chi connectivity index (χ1v) is 9.71. The fourth-order valence-electron chi connectivity index (χ4n) is 3.48. The maximum Gasteiger partial charge on any atom is 0.250 e. The lowest BCUT2D eigenvalue weighted by atomic mass is 10.1. The van der Waals surface area contributed by atoms with E-state index in [-0.39, 0.29) is 22.9 Å². The third-order valence-electron chi connectivity index (χ3n) is 5.02. The van der Waals surface area contributed by atoms with Crippen LogP contribution in [0, 0.1) is 5.82 Å². The molecule has 3 heterocycles. The predicted octanol–water partition coefficient (Wildman–Crippen LogP) is 3.98. The zero-order valence-corrected chi connectivity index (χ0v) is 16.7. The van der Waals surface area contributed by atoms with Crippen LogP contribution in [0.3, 0.4) is 0 Å². The summed E-state index contributed by atoms with van der Waals surface area (Å²) in [5.74, 6) is -0.979. The average Bonchev–Trinajstić information content (AvgIpc) is 3.17. The lowest BCUT2D eigenvalue weighted by molar-refractivity contribution is 0.100. The number of nitrogens with zero attached hydrogens (tertiary/aromatic N) is 5. The molecule has 9 heteroatoms.